The third-order valence-corrected chi connectivity index (χ3v) is 8.27. The maximum Gasteiger partial charge on any atom is 0.324 e. The Bertz CT molecular complexity index is 1420. The topological polar surface area (TPSA) is 113 Å². The second kappa shape index (κ2) is 10.7. The molecule has 212 valence electrons. The molecule has 3 heterocycles. The average molecular weight is 556 g/mol. The third-order valence-electron chi connectivity index (χ3n) is 6.79. The van der Waals surface area contributed by atoms with Gasteiger partial charge in [-0.05, 0) is 55.5 Å². The highest BCUT2D eigenvalue weighted by molar-refractivity contribution is 7.16. The van der Waals surface area contributed by atoms with Crippen LogP contribution < -0.4 is 20.7 Å². The Morgan fingerprint density at radius 3 is 2.49 bits per heavy atom. The van der Waals surface area contributed by atoms with Gasteiger partial charge in [0.05, 0.1) is 12.7 Å². The molecule has 1 aliphatic heterocycles. The first kappa shape index (κ1) is 28.1. The number of amides is 4. The van der Waals surface area contributed by atoms with Crippen molar-refractivity contribution in [2.24, 2.45) is 0 Å². The Hall–Kier alpha value is -3.92. The summed E-state index contributed by atoms with van der Waals surface area (Å²) >= 11 is 1.37. The minimum atomic E-state index is -1.01. The summed E-state index contributed by atoms with van der Waals surface area (Å²) < 4.78 is 5.14. The van der Waals surface area contributed by atoms with Crippen LogP contribution in [0.3, 0.4) is 0 Å². The van der Waals surface area contributed by atoms with Crippen LogP contribution in [0.1, 0.15) is 59.7 Å². The van der Waals surface area contributed by atoms with E-state index in [1.807, 2.05) is 37.3 Å². The lowest BCUT2D eigenvalue weighted by Crippen LogP contribution is -2.63. The zero-order valence-corrected chi connectivity index (χ0v) is 24.2. The van der Waals surface area contributed by atoms with Gasteiger partial charge in [-0.2, -0.15) is 0 Å². The van der Waals surface area contributed by atoms with Crippen molar-refractivity contribution in [2.45, 2.75) is 52.5 Å². The molecular formula is C29H41N5O4S. The number of nitrogens with zero attached hydrogens (tertiary/aromatic N) is 2. The van der Waals surface area contributed by atoms with E-state index >= 15 is 0 Å². The number of aryl methyl sites for hydroxylation is 1. The fraction of sp³-hybridized carbons (Fsp3) is 0.379. The van der Waals surface area contributed by atoms with Crippen molar-refractivity contribution >= 4 is 39.9 Å². The quantitative estimate of drug-likeness (QED) is 0.349. The van der Waals surface area contributed by atoms with Crippen LogP contribution in [-0.2, 0) is 10.2 Å². The fourth-order valence-electron chi connectivity index (χ4n) is 4.28. The molecular weight excluding hydrogens is 514 g/mol. The number of hydrogen-bond donors (Lipinski definition) is 3. The molecule has 0 aliphatic carbocycles. The molecule has 0 spiro atoms. The third kappa shape index (κ3) is 5.90. The second-order valence-corrected chi connectivity index (χ2v) is 12.1. The van der Waals surface area contributed by atoms with E-state index in [0.717, 1.165) is 21.6 Å². The Morgan fingerprint density at radius 1 is 1.13 bits per heavy atom. The number of ether oxygens (including phenoxy) is 1. The number of piperazine rings is 1. The van der Waals surface area contributed by atoms with Gasteiger partial charge in [-0.3, -0.25) is 14.9 Å². The number of pyridine rings is 1. The Balaban J connectivity index is 0.00000294. The molecule has 4 rings (SSSR count). The molecule has 2 aromatic heterocycles. The summed E-state index contributed by atoms with van der Waals surface area (Å²) in [4.78, 5) is 46.2. The average Bonchev–Trinajstić information content (AvgIpc) is 3.31. The molecule has 3 aromatic rings. The molecule has 0 radical (unpaired) electrons. The number of carbonyl (C=O) groups is 3. The summed E-state index contributed by atoms with van der Waals surface area (Å²) in [5.74, 6) is 0.0261. The lowest BCUT2D eigenvalue weighted by Gasteiger charge is -2.41. The molecule has 1 aliphatic rings. The van der Waals surface area contributed by atoms with E-state index in [2.05, 4.69) is 41.7 Å². The fourth-order valence-corrected chi connectivity index (χ4v) is 5.38. The number of benzene rings is 1. The van der Waals surface area contributed by atoms with Crippen molar-refractivity contribution in [3.63, 3.8) is 0 Å². The van der Waals surface area contributed by atoms with Gasteiger partial charge < -0.3 is 20.3 Å². The number of anilines is 2. The summed E-state index contributed by atoms with van der Waals surface area (Å²) in [7, 11) is 1.57. The number of urea groups is 1. The second-order valence-electron chi connectivity index (χ2n) is 11.1. The number of carbonyl (C=O) groups excluding carboxylic acids is 3. The highest BCUT2D eigenvalue weighted by Gasteiger charge is 2.42. The smallest absolute Gasteiger partial charge is 0.324 e. The Morgan fingerprint density at radius 2 is 1.85 bits per heavy atom. The highest BCUT2D eigenvalue weighted by atomic mass is 32.1. The van der Waals surface area contributed by atoms with Crippen molar-refractivity contribution in [1.82, 2.24) is 15.2 Å². The van der Waals surface area contributed by atoms with Crippen molar-refractivity contribution in [3.8, 4) is 17.0 Å². The monoisotopic (exact) mass is 555 g/mol. The van der Waals surface area contributed by atoms with E-state index in [1.165, 1.54) is 11.3 Å². The van der Waals surface area contributed by atoms with Crippen molar-refractivity contribution in [2.75, 3.05) is 30.8 Å². The maximum atomic E-state index is 13.7. The standard InChI is InChI=1S/C29H35N5O4S.3H2/c1-17-8-9-18(19-10-11-23(38-7)31-16-19)14-21(17)32-27(37)33-24-20(15-22(39-24)28(2,3)4)25(35)34-13-12-30-26(36)29(34,5)6;;;/h8-11,14-16H,12-13H2,1-7H3,(H,30,36)(H2,32,33,37);3*1H. The lowest BCUT2D eigenvalue weighted by molar-refractivity contribution is -0.133. The SMILES string of the molecule is COc1ccc(-c2ccc(C)c(NC(=O)Nc3sc(C(C)(C)C)cc3C(=O)N3CCNC(=O)C3(C)C)c2)cn1.[HH].[HH].[HH]. The molecule has 0 unspecified atom stereocenters. The van der Waals surface area contributed by atoms with Crippen LogP contribution in [-0.4, -0.2) is 53.5 Å². The van der Waals surface area contributed by atoms with Crippen LogP contribution in [0.4, 0.5) is 15.5 Å². The van der Waals surface area contributed by atoms with Crippen molar-refractivity contribution in [1.29, 1.82) is 0 Å². The van der Waals surface area contributed by atoms with Gasteiger partial charge in [0.1, 0.15) is 10.5 Å². The van der Waals surface area contributed by atoms with Gasteiger partial charge >= 0.3 is 6.03 Å². The highest BCUT2D eigenvalue weighted by Crippen LogP contribution is 2.38. The van der Waals surface area contributed by atoms with Crippen LogP contribution in [0.2, 0.25) is 0 Å². The summed E-state index contributed by atoms with van der Waals surface area (Å²) in [6.07, 6.45) is 1.72. The van der Waals surface area contributed by atoms with E-state index < -0.39 is 11.6 Å². The molecule has 3 N–H and O–H groups in total. The normalized spacial score (nSPS) is 14.9. The van der Waals surface area contributed by atoms with Crippen LogP contribution in [0.5, 0.6) is 5.88 Å². The largest absolute Gasteiger partial charge is 0.481 e. The van der Waals surface area contributed by atoms with Gasteiger partial charge in [0.15, 0.2) is 0 Å². The number of hydrogen-bond acceptors (Lipinski definition) is 6. The van der Waals surface area contributed by atoms with Gasteiger partial charge in [-0.1, -0.05) is 32.9 Å². The molecule has 9 nitrogen and oxygen atoms in total. The van der Waals surface area contributed by atoms with Crippen LogP contribution in [0.15, 0.2) is 42.6 Å². The van der Waals surface area contributed by atoms with Crippen LogP contribution in [0.25, 0.3) is 11.1 Å². The van der Waals surface area contributed by atoms with Gasteiger partial charge in [-0.25, -0.2) is 9.78 Å². The first-order valence-electron chi connectivity index (χ1n) is 12.7. The van der Waals surface area contributed by atoms with E-state index in [9.17, 15) is 14.4 Å². The van der Waals surface area contributed by atoms with Crippen LogP contribution >= 0.6 is 11.3 Å². The molecule has 0 saturated carbocycles. The number of thiophene rings is 1. The molecule has 4 amide bonds. The minimum absolute atomic E-state index is 0. The molecule has 0 bridgehead atoms. The zero-order valence-electron chi connectivity index (χ0n) is 23.4. The Labute approximate surface area is 237 Å². The molecule has 10 heteroatoms. The molecule has 39 heavy (non-hydrogen) atoms. The maximum absolute atomic E-state index is 13.7. The zero-order chi connectivity index (χ0) is 28.5. The number of methoxy groups -OCH3 is 1. The van der Waals surface area contributed by atoms with E-state index in [0.29, 0.717) is 35.2 Å². The first-order chi connectivity index (χ1) is 18.3. The van der Waals surface area contributed by atoms with Crippen LogP contribution in [0, 0.1) is 6.92 Å². The summed E-state index contributed by atoms with van der Waals surface area (Å²) in [5.41, 5.74) is 2.42. The van der Waals surface area contributed by atoms with Gasteiger partial charge in [0, 0.05) is 45.8 Å². The minimum Gasteiger partial charge on any atom is -0.481 e. The molecule has 1 aromatic carbocycles. The molecule has 1 fully saturated rings. The number of rotatable bonds is 5. The predicted molar refractivity (Wildman–Crippen MR) is 161 cm³/mol. The predicted octanol–water partition coefficient (Wildman–Crippen LogP) is 6.16. The summed E-state index contributed by atoms with van der Waals surface area (Å²) in [6, 6.07) is 10.8. The van der Waals surface area contributed by atoms with E-state index in [4.69, 9.17) is 4.74 Å². The van der Waals surface area contributed by atoms with Crippen molar-refractivity contribution < 1.29 is 23.4 Å². The van der Waals surface area contributed by atoms with Gasteiger partial charge in [0.2, 0.25) is 11.8 Å². The molecule has 0 atom stereocenters. The summed E-state index contributed by atoms with van der Waals surface area (Å²) in [6.45, 7) is 12.3. The van der Waals surface area contributed by atoms with Crippen molar-refractivity contribution in [3.05, 3.63) is 58.6 Å². The lowest BCUT2D eigenvalue weighted by atomic mass is 9.93. The first-order valence-corrected chi connectivity index (χ1v) is 13.6. The Kier molecular flexibility index (Phi) is 7.70. The van der Waals surface area contributed by atoms with E-state index in [-0.39, 0.29) is 21.5 Å². The number of aromatic nitrogens is 1. The van der Waals surface area contributed by atoms with Gasteiger partial charge in [0.25, 0.3) is 5.91 Å². The van der Waals surface area contributed by atoms with Gasteiger partial charge in [-0.15, -0.1) is 11.3 Å². The van der Waals surface area contributed by atoms with E-state index in [1.54, 1.807) is 38.1 Å². The molecule has 1 saturated heterocycles. The number of nitrogens with one attached hydrogen (secondary N) is 3. The summed E-state index contributed by atoms with van der Waals surface area (Å²) in [5, 5.41) is 9.10.